The lowest BCUT2D eigenvalue weighted by atomic mass is 9.89. The molecule has 1 atom stereocenters. The van der Waals surface area contributed by atoms with Crippen molar-refractivity contribution in [2.24, 2.45) is 5.92 Å². The van der Waals surface area contributed by atoms with Gasteiger partial charge in [-0.25, -0.2) is 0 Å². The second kappa shape index (κ2) is 6.32. The molecule has 0 saturated carbocycles. The molecule has 0 aliphatic carbocycles. The zero-order valence-corrected chi connectivity index (χ0v) is 11.5. The van der Waals surface area contributed by atoms with Crippen molar-refractivity contribution in [3.8, 4) is 0 Å². The molecule has 1 aromatic rings. The average molecular weight is 269 g/mol. The first-order valence-electron chi connectivity index (χ1n) is 5.83. The molecule has 0 N–H and O–H groups in total. The van der Waals surface area contributed by atoms with Crippen molar-refractivity contribution in [1.29, 1.82) is 0 Å². The summed E-state index contributed by atoms with van der Waals surface area (Å²) in [6.45, 7) is 6.79. The first-order chi connectivity index (χ1) is 7.19. The number of hydrogen-bond donors (Lipinski definition) is 0. The lowest BCUT2D eigenvalue weighted by molar-refractivity contribution is 0.544. The fourth-order valence-corrected chi connectivity index (χ4v) is 2.99. The van der Waals surface area contributed by atoms with E-state index in [1.165, 1.54) is 24.0 Å². The van der Waals surface area contributed by atoms with Gasteiger partial charge >= 0.3 is 0 Å². The predicted molar refractivity (Wildman–Crippen MR) is 71.8 cm³/mol. The Morgan fingerprint density at radius 3 is 2.13 bits per heavy atom. The molecule has 84 valence electrons. The van der Waals surface area contributed by atoms with Crippen LogP contribution in [-0.4, -0.2) is 5.33 Å². The van der Waals surface area contributed by atoms with Gasteiger partial charge in [-0.3, -0.25) is 0 Å². The Bertz CT molecular complexity index is 274. The van der Waals surface area contributed by atoms with Gasteiger partial charge < -0.3 is 0 Å². The molecular formula is C14H21Br. The summed E-state index contributed by atoms with van der Waals surface area (Å²) in [5, 5.41) is 1.05. The monoisotopic (exact) mass is 268 g/mol. The molecule has 1 heteroatoms. The smallest absolute Gasteiger partial charge is 0.0103 e. The molecule has 0 aliphatic heterocycles. The van der Waals surface area contributed by atoms with Crippen molar-refractivity contribution >= 4 is 15.9 Å². The summed E-state index contributed by atoms with van der Waals surface area (Å²) in [5.74, 6) is 1.34. The summed E-state index contributed by atoms with van der Waals surface area (Å²) in [5.41, 5.74) is 2.92. The van der Waals surface area contributed by atoms with E-state index in [9.17, 15) is 0 Å². The largest absolute Gasteiger partial charge is 0.0921 e. The quantitative estimate of drug-likeness (QED) is 0.675. The van der Waals surface area contributed by atoms with Crippen molar-refractivity contribution in [2.45, 2.75) is 39.5 Å². The zero-order valence-electron chi connectivity index (χ0n) is 9.96. The highest BCUT2D eigenvalue weighted by molar-refractivity contribution is 9.09. The van der Waals surface area contributed by atoms with Gasteiger partial charge in [0.1, 0.15) is 0 Å². The van der Waals surface area contributed by atoms with Gasteiger partial charge in [-0.05, 0) is 29.4 Å². The minimum absolute atomic E-state index is 0.640. The molecule has 1 unspecified atom stereocenters. The normalized spacial score (nSPS) is 13.1. The Balaban J connectivity index is 2.77. The van der Waals surface area contributed by atoms with Gasteiger partial charge in [-0.1, -0.05) is 67.4 Å². The van der Waals surface area contributed by atoms with Crippen LogP contribution in [0, 0.1) is 5.92 Å². The second-order valence-electron chi connectivity index (χ2n) is 4.50. The van der Waals surface area contributed by atoms with Crippen LogP contribution in [-0.2, 0) is 6.42 Å². The summed E-state index contributed by atoms with van der Waals surface area (Å²) >= 11 is 3.60. The second-order valence-corrected chi connectivity index (χ2v) is 5.14. The number of hydrogen-bond acceptors (Lipinski definition) is 0. The minimum Gasteiger partial charge on any atom is -0.0921 e. The van der Waals surface area contributed by atoms with Gasteiger partial charge in [-0.2, -0.15) is 0 Å². The standard InChI is InChI=1S/C14H21Br/c1-4-5-12-6-8-13(9-7-12)14(10-15)11(2)3/h6-9,11,14H,4-5,10H2,1-3H3. The van der Waals surface area contributed by atoms with Gasteiger partial charge in [0.25, 0.3) is 0 Å². The Morgan fingerprint density at radius 1 is 1.13 bits per heavy atom. The van der Waals surface area contributed by atoms with E-state index < -0.39 is 0 Å². The third-order valence-electron chi connectivity index (χ3n) is 2.92. The van der Waals surface area contributed by atoms with E-state index in [1.54, 1.807) is 0 Å². The number of halogens is 1. The molecule has 15 heavy (non-hydrogen) atoms. The van der Waals surface area contributed by atoms with Crippen molar-refractivity contribution in [1.82, 2.24) is 0 Å². The van der Waals surface area contributed by atoms with Gasteiger partial charge in [-0.15, -0.1) is 0 Å². The molecular weight excluding hydrogens is 248 g/mol. The molecule has 0 bridgehead atoms. The third-order valence-corrected chi connectivity index (χ3v) is 3.62. The maximum absolute atomic E-state index is 3.60. The highest BCUT2D eigenvalue weighted by Gasteiger charge is 2.13. The molecule has 0 heterocycles. The first kappa shape index (κ1) is 12.8. The third kappa shape index (κ3) is 3.64. The van der Waals surface area contributed by atoms with E-state index in [4.69, 9.17) is 0 Å². The molecule has 1 rings (SSSR count). The fraction of sp³-hybridized carbons (Fsp3) is 0.571. The molecule has 0 amide bonds. The van der Waals surface area contributed by atoms with Crippen LogP contribution in [0.3, 0.4) is 0 Å². The van der Waals surface area contributed by atoms with Crippen molar-refractivity contribution in [3.63, 3.8) is 0 Å². The minimum atomic E-state index is 0.640. The highest BCUT2D eigenvalue weighted by atomic mass is 79.9. The van der Waals surface area contributed by atoms with E-state index in [1.807, 2.05) is 0 Å². The van der Waals surface area contributed by atoms with Crippen molar-refractivity contribution < 1.29 is 0 Å². The van der Waals surface area contributed by atoms with E-state index in [0.717, 1.165) is 5.33 Å². The van der Waals surface area contributed by atoms with Gasteiger partial charge in [0.15, 0.2) is 0 Å². The van der Waals surface area contributed by atoms with Crippen LogP contribution in [0.15, 0.2) is 24.3 Å². The van der Waals surface area contributed by atoms with Crippen molar-refractivity contribution in [3.05, 3.63) is 35.4 Å². The Labute approximate surface area is 102 Å². The summed E-state index contributed by atoms with van der Waals surface area (Å²) in [6.07, 6.45) is 2.42. The highest BCUT2D eigenvalue weighted by Crippen LogP contribution is 2.26. The summed E-state index contributed by atoms with van der Waals surface area (Å²) < 4.78 is 0. The number of aryl methyl sites for hydroxylation is 1. The SMILES string of the molecule is CCCc1ccc(C(CBr)C(C)C)cc1. The van der Waals surface area contributed by atoms with Crippen LogP contribution < -0.4 is 0 Å². The molecule has 0 aromatic heterocycles. The first-order valence-corrected chi connectivity index (χ1v) is 6.96. The number of benzene rings is 1. The Kier molecular flexibility index (Phi) is 5.38. The van der Waals surface area contributed by atoms with Crippen LogP contribution in [0.4, 0.5) is 0 Å². The van der Waals surface area contributed by atoms with Crippen molar-refractivity contribution in [2.75, 3.05) is 5.33 Å². The molecule has 0 nitrogen and oxygen atoms in total. The molecule has 0 radical (unpaired) electrons. The van der Waals surface area contributed by atoms with Crippen LogP contribution in [0.2, 0.25) is 0 Å². The summed E-state index contributed by atoms with van der Waals surface area (Å²) in [4.78, 5) is 0. The van der Waals surface area contributed by atoms with Gasteiger partial charge in [0.2, 0.25) is 0 Å². The van der Waals surface area contributed by atoms with Crippen LogP contribution in [0.5, 0.6) is 0 Å². The van der Waals surface area contributed by atoms with E-state index in [0.29, 0.717) is 11.8 Å². The summed E-state index contributed by atoms with van der Waals surface area (Å²) in [7, 11) is 0. The number of alkyl halides is 1. The van der Waals surface area contributed by atoms with Gasteiger partial charge in [0.05, 0.1) is 0 Å². The van der Waals surface area contributed by atoms with Gasteiger partial charge in [0, 0.05) is 5.33 Å². The topological polar surface area (TPSA) is 0 Å². The fourth-order valence-electron chi connectivity index (χ4n) is 1.87. The lowest BCUT2D eigenvalue weighted by Gasteiger charge is -2.18. The molecule has 0 fully saturated rings. The van der Waals surface area contributed by atoms with Crippen LogP contribution in [0.25, 0.3) is 0 Å². The van der Waals surface area contributed by atoms with Crippen LogP contribution in [0.1, 0.15) is 44.2 Å². The van der Waals surface area contributed by atoms with E-state index >= 15 is 0 Å². The molecule has 0 spiro atoms. The molecule has 1 aromatic carbocycles. The maximum Gasteiger partial charge on any atom is 0.0103 e. The Hall–Kier alpha value is -0.300. The van der Waals surface area contributed by atoms with E-state index in [2.05, 4.69) is 61.0 Å². The van der Waals surface area contributed by atoms with Crippen LogP contribution >= 0.6 is 15.9 Å². The average Bonchev–Trinajstić information content (AvgIpc) is 2.21. The summed E-state index contributed by atoms with van der Waals surface area (Å²) in [6, 6.07) is 9.13. The molecule has 0 saturated heterocycles. The molecule has 0 aliphatic rings. The predicted octanol–water partition coefficient (Wildman–Crippen LogP) is 4.77. The van der Waals surface area contributed by atoms with E-state index in [-0.39, 0.29) is 0 Å². The Morgan fingerprint density at radius 2 is 1.73 bits per heavy atom. The number of rotatable bonds is 5. The zero-order chi connectivity index (χ0) is 11.3. The maximum atomic E-state index is 3.60. The lowest BCUT2D eigenvalue weighted by Crippen LogP contribution is -2.07.